The number of nitriles is 1. The van der Waals surface area contributed by atoms with Crippen molar-refractivity contribution in [2.45, 2.75) is 143 Å². The highest BCUT2D eigenvalue weighted by atomic mass is 32.2. The van der Waals surface area contributed by atoms with E-state index in [0.29, 0.717) is 22.3 Å². The molecule has 0 N–H and O–H groups in total. The smallest absolute Gasteiger partial charge is 0.253 e. The summed E-state index contributed by atoms with van der Waals surface area (Å²) < 4.78 is 58.6. The minimum atomic E-state index is -4.37. The number of alkyl halides is 3. The Morgan fingerprint density at radius 2 is 1.03 bits per heavy atom. The number of halogens is 3. The van der Waals surface area contributed by atoms with E-state index in [1.165, 1.54) is 20.0 Å². The van der Waals surface area contributed by atoms with Crippen LogP contribution in [0.5, 0.6) is 0 Å². The summed E-state index contributed by atoms with van der Waals surface area (Å²) in [7, 11) is -1.91. The fraction of sp³-hybridized carbons (Fsp3) is 0.431. The SMILES string of the molecule is CSc1nc(C)cc(C)n1.C[N+]1=C([N+](=O)[O-])C=CC1=O.Cc1cc(C(F)(F)F)ncn1.Cc1cc(C)nc(C#N)n1.Cc1cc(C)nc(C(C)(C)C)n1.Cc1cc(C)nc(S(C)(=O)=O)n1.Cc1cc(C)nc(SC(C)C)n1. The Morgan fingerprint density at radius 1 is 0.636 bits per heavy atom. The van der Waals surface area contributed by atoms with Crippen LogP contribution in [0.1, 0.15) is 115 Å². The van der Waals surface area contributed by atoms with E-state index in [1.807, 2.05) is 92.0 Å². The number of hydrogen-bond donors (Lipinski definition) is 0. The first kappa shape index (κ1) is 67.9. The largest absolute Gasteiger partial charge is 0.504 e. The van der Waals surface area contributed by atoms with Crippen LogP contribution in [0, 0.1) is 97.6 Å². The van der Waals surface area contributed by atoms with Gasteiger partial charge in [0, 0.05) is 79.6 Å². The zero-order chi connectivity index (χ0) is 59.2. The normalized spacial score (nSPS) is 11.6. The molecule has 0 unspecified atom stereocenters. The fourth-order valence-electron chi connectivity index (χ4n) is 5.71. The molecule has 0 saturated carbocycles. The van der Waals surface area contributed by atoms with Gasteiger partial charge in [-0.25, -0.2) is 73.0 Å². The number of carbonyl (C=O) groups excluding carboxylic acids is 1. The lowest BCUT2D eigenvalue weighted by Crippen LogP contribution is -2.21. The third kappa shape index (κ3) is 27.5. The van der Waals surface area contributed by atoms with Crippen molar-refractivity contribution in [2.75, 3.05) is 19.6 Å². The summed E-state index contributed by atoms with van der Waals surface area (Å²) in [6, 6.07) is 12.3. The molecule has 26 heteroatoms. The van der Waals surface area contributed by atoms with Gasteiger partial charge < -0.3 is 0 Å². The molecule has 0 radical (unpaired) electrons. The van der Waals surface area contributed by atoms with E-state index >= 15 is 0 Å². The van der Waals surface area contributed by atoms with Gasteiger partial charge in [0.1, 0.15) is 35.9 Å². The average Bonchev–Trinajstić information content (AvgIpc) is 3.62. The number of thioether (sulfide) groups is 2. The number of nitro groups is 1. The Hall–Kier alpha value is -7.11. The van der Waals surface area contributed by atoms with Crippen molar-refractivity contribution in [3.63, 3.8) is 0 Å². The molecule has 0 atom stereocenters. The van der Waals surface area contributed by atoms with E-state index in [9.17, 15) is 36.5 Å². The van der Waals surface area contributed by atoms with Crippen molar-refractivity contribution >= 4 is 45.1 Å². The quantitative estimate of drug-likeness (QED) is 0.0522. The van der Waals surface area contributed by atoms with Gasteiger partial charge in [-0.2, -0.15) is 18.4 Å². The molecule has 77 heavy (non-hydrogen) atoms. The molecule has 0 saturated heterocycles. The molecule has 1 aliphatic heterocycles. The van der Waals surface area contributed by atoms with E-state index < -0.39 is 26.6 Å². The van der Waals surface area contributed by atoms with Gasteiger partial charge in [-0.3, -0.25) is 10.1 Å². The number of rotatable bonds is 4. The van der Waals surface area contributed by atoms with Crippen molar-refractivity contribution in [1.29, 1.82) is 5.26 Å². The average molecular weight is 1120 g/mol. The molecule has 414 valence electrons. The number of aromatic nitrogens is 12. The molecule has 0 spiro atoms. The predicted molar refractivity (Wildman–Crippen MR) is 291 cm³/mol. The summed E-state index contributed by atoms with van der Waals surface area (Å²) in [5.41, 5.74) is 8.75. The van der Waals surface area contributed by atoms with E-state index in [-0.39, 0.29) is 28.1 Å². The molecule has 6 aromatic heterocycles. The molecule has 0 aliphatic carbocycles. The number of hydrogen-bond acceptors (Lipinski definition) is 20. The first-order valence-corrected chi connectivity index (χ1v) is 27.2. The van der Waals surface area contributed by atoms with Crippen molar-refractivity contribution < 1.29 is 35.9 Å². The highest BCUT2D eigenvalue weighted by Gasteiger charge is 2.33. The molecule has 1 aliphatic rings. The van der Waals surface area contributed by atoms with E-state index in [0.717, 1.165) is 91.0 Å². The monoisotopic (exact) mass is 1120 g/mol. The summed E-state index contributed by atoms with van der Waals surface area (Å²) in [5, 5.41) is 20.7. The van der Waals surface area contributed by atoms with Crippen LogP contribution in [0.2, 0.25) is 0 Å². The van der Waals surface area contributed by atoms with E-state index in [2.05, 4.69) is 94.4 Å². The van der Waals surface area contributed by atoms with Gasteiger partial charge in [0.15, 0.2) is 10.3 Å². The Bertz CT molecular complexity index is 3100. The van der Waals surface area contributed by atoms with Crippen LogP contribution in [-0.4, -0.2) is 114 Å². The maximum Gasteiger partial charge on any atom is 0.504 e. The van der Waals surface area contributed by atoms with Gasteiger partial charge in [-0.05, 0) is 119 Å². The topological polar surface area (TPSA) is 276 Å². The van der Waals surface area contributed by atoms with Crippen molar-refractivity contribution in [1.82, 2.24) is 59.8 Å². The van der Waals surface area contributed by atoms with Crippen LogP contribution < -0.4 is 0 Å². The highest BCUT2D eigenvalue weighted by molar-refractivity contribution is 7.99. The van der Waals surface area contributed by atoms with Crippen molar-refractivity contribution in [3.8, 4) is 6.07 Å². The molecule has 20 nitrogen and oxygen atoms in total. The van der Waals surface area contributed by atoms with Crippen LogP contribution in [-0.2, 0) is 26.2 Å². The third-order valence-corrected chi connectivity index (χ3v) is 11.1. The number of carbonyl (C=O) groups is 1. The van der Waals surface area contributed by atoms with Gasteiger partial charge in [-0.1, -0.05) is 62.7 Å². The van der Waals surface area contributed by atoms with Crippen molar-refractivity contribution in [3.05, 3.63) is 145 Å². The maximum atomic E-state index is 11.9. The van der Waals surface area contributed by atoms with E-state index in [1.54, 1.807) is 43.4 Å². The van der Waals surface area contributed by atoms with Gasteiger partial charge in [0.2, 0.25) is 20.8 Å². The Kier molecular flexibility index (Phi) is 27.5. The summed E-state index contributed by atoms with van der Waals surface area (Å²) in [6.45, 7) is 31.3. The minimum absolute atomic E-state index is 0.0524. The van der Waals surface area contributed by atoms with Crippen LogP contribution in [0.4, 0.5) is 13.2 Å². The number of likely N-dealkylation sites (N-methyl/N-ethyl adjacent to an activating group) is 1. The summed E-state index contributed by atoms with van der Waals surface area (Å²) in [5.74, 6) is 0.647. The first-order valence-electron chi connectivity index (χ1n) is 23.2. The number of aryl methyl sites for hydroxylation is 11. The highest BCUT2D eigenvalue weighted by Crippen LogP contribution is 2.27. The summed E-state index contributed by atoms with van der Waals surface area (Å²) in [6.07, 6.45) is 1.96. The number of amidine groups is 1. The van der Waals surface area contributed by atoms with Gasteiger partial charge in [0.25, 0.3) is 0 Å². The van der Waals surface area contributed by atoms with Gasteiger partial charge in [-0.15, -0.1) is 0 Å². The van der Waals surface area contributed by atoms with Crippen molar-refractivity contribution in [2.24, 2.45) is 0 Å². The van der Waals surface area contributed by atoms with Crippen LogP contribution in [0.25, 0.3) is 0 Å². The lowest BCUT2D eigenvalue weighted by Gasteiger charge is -2.17. The zero-order valence-corrected chi connectivity index (χ0v) is 49.3. The molecule has 0 bridgehead atoms. The fourth-order valence-corrected chi connectivity index (χ4v) is 7.62. The molecule has 7 rings (SSSR count). The molecule has 0 fully saturated rings. The number of amides is 1. The molecule has 1 amide bonds. The standard InChI is InChI=1S/C10H16N2.C9H14N2S.C7H7N3.C7H10N2O2S.C7H10N2S.C6H5F3N2.C5H5N2O3/c1-7-6-8(2)12-9(11-7)10(3,4)5;1-6(2)12-9-10-7(3)5-8(4)11-9;1-5-3-6(2)10-7(4-8)9-5;1-5-4-6(2)9-7(8-5)12(3,10)11;1-5-4-6(2)9-7(8-5)10-3;1-4-2-5(6(7,8)9)11-3-10-4;1-6-4(7(9)10)2-3-5(6)8/h6H,1-5H3;5-6H,1-4H3;3H,1-2H3;4H,1-3H3;4H,1-3H3;2-3H,1H3;2-3H,1H3/q;;;;;;+1. The van der Waals surface area contributed by atoms with Gasteiger partial charge in [0.05, 0.1) is 12.2 Å². The summed E-state index contributed by atoms with van der Waals surface area (Å²) >= 11 is 3.28. The van der Waals surface area contributed by atoms with Gasteiger partial charge >= 0.3 is 17.9 Å². The van der Waals surface area contributed by atoms with Crippen LogP contribution in [0.3, 0.4) is 0 Å². The molecular weight excluding hydrogens is 1060 g/mol. The zero-order valence-electron chi connectivity index (χ0n) is 46.9. The lowest BCUT2D eigenvalue weighted by atomic mass is 9.95. The second-order valence-corrected chi connectivity index (χ2v) is 22.4. The molecular formula is C51H67F3N15O5S3+. The minimum Gasteiger partial charge on any atom is -0.253 e. The molecule has 0 aromatic carbocycles. The van der Waals surface area contributed by atoms with Crippen LogP contribution in [0.15, 0.2) is 70.3 Å². The molecule has 7 heterocycles. The first-order chi connectivity index (χ1) is 35.4. The summed E-state index contributed by atoms with van der Waals surface area (Å²) in [4.78, 5) is 67.9. The Balaban J connectivity index is 0.000000450. The lowest BCUT2D eigenvalue weighted by molar-refractivity contribution is -0.485. The molecule has 6 aromatic rings. The van der Waals surface area contributed by atoms with E-state index in [4.69, 9.17) is 5.26 Å². The predicted octanol–water partition coefficient (Wildman–Crippen LogP) is 9.47. The second-order valence-electron chi connectivity index (χ2n) is 18.1. The third-order valence-electron chi connectivity index (χ3n) is 8.81. The Morgan fingerprint density at radius 3 is 1.31 bits per heavy atom. The van der Waals surface area contributed by atoms with Crippen LogP contribution >= 0.6 is 23.5 Å². The number of sulfone groups is 1. The Labute approximate surface area is 457 Å². The second kappa shape index (κ2) is 31.2. The maximum absolute atomic E-state index is 11.9. The number of nitrogens with zero attached hydrogens (tertiary/aromatic N) is 15.